The van der Waals surface area contributed by atoms with Crippen molar-refractivity contribution < 1.29 is 0 Å². The third-order valence-electron chi connectivity index (χ3n) is 2.20. The van der Waals surface area contributed by atoms with E-state index in [4.69, 9.17) is 5.73 Å². The highest BCUT2D eigenvalue weighted by Gasteiger charge is 2.06. The number of hydrogen-bond donors (Lipinski definition) is 1. The highest BCUT2D eigenvalue weighted by atomic mass is 32.1. The lowest BCUT2D eigenvalue weighted by Gasteiger charge is -2.10. The minimum absolute atomic E-state index is 0.772. The number of aromatic nitrogens is 1. The van der Waals surface area contributed by atoms with Crippen LogP contribution in [0.3, 0.4) is 0 Å². The van der Waals surface area contributed by atoms with Crippen LogP contribution in [0.1, 0.15) is 6.92 Å². The molecule has 2 rings (SSSR count). The maximum atomic E-state index is 5.69. The van der Waals surface area contributed by atoms with Gasteiger partial charge in [-0.2, -0.15) is 0 Å². The lowest BCUT2D eigenvalue weighted by molar-refractivity contribution is 0.961. The van der Waals surface area contributed by atoms with Crippen LogP contribution in [-0.4, -0.2) is 18.6 Å². The largest absolute Gasteiger partial charge is 0.399 e. The molecule has 0 bridgehead atoms. The van der Waals surface area contributed by atoms with E-state index in [9.17, 15) is 0 Å². The normalized spacial score (nSPS) is 10.7. The number of nitrogen functional groups attached to an aromatic ring is 1. The fourth-order valence-electron chi connectivity index (χ4n) is 1.23. The average molecular weight is 207 g/mol. The van der Waals surface area contributed by atoms with Crippen molar-refractivity contribution in [2.45, 2.75) is 6.92 Å². The molecule has 4 heteroatoms. The summed E-state index contributed by atoms with van der Waals surface area (Å²) < 4.78 is 1.19. The van der Waals surface area contributed by atoms with E-state index in [0.717, 1.165) is 22.9 Å². The van der Waals surface area contributed by atoms with Crippen LogP contribution in [0.5, 0.6) is 0 Å². The predicted octanol–water partition coefficient (Wildman–Crippen LogP) is 2.33. The molecule has 0 unspecified atom stereocenters. The average Bonchev–Trinajstić information content (AvgIpc) is 2.59. The fourth-order valence-corrected chi connectivity index (χ4v) is 2.20. The zero-order valence-corrected chi connectivity index (χ0v) is 9.14. The number of nitrogens with two attached hydrogens (primary N) is 1. The van der Waals surface area contributed by atoms with Crippen LogP contribution in [0.25, 0.3) is 10.2 Å². The number of benzene rings is 1. The van der Waals surface area contributed by atoms with E-state index in [1.807, 2.05) is 25.2 Å². The Balaban J connectivity index is 2.51. The number of anilines is 2. The van der Waals surface area contributed by atoms with Crippen LogP contribution in [-0.2, 0) is 0 Å². The van der Waals surface area contributed by atoms with Crippen molar-refractivity contribution in [1.82, 2.24) is 4.98 Å². The molecule has 1 aromatic heterocycles. The first-order chi connectivity index (χ1) is 6.70. The SMILES string of the molecule is CCN(C)c1nc2cc(N)ccc2s1. The summed E-state index contributed by atoms with van der Waals surface area (Å²) in [6.45, 7) is 3.08. The van der Waals surface area contributed by atoms with Crippen molar-refractivity contribution in [3.63, 3.8) is 0 Å². The summed E-state index contributed by atoms with van der Waals surface area (Å²) in [5.41, 5.74) is 7.46. The second kappa shape index (κ2) is 3.46. The van der Waals surface area contributed by atoms with Crippen molar-refractivity contribution in [2.75, 3.05) is 24.2 Å². The van der Waals surface area contributed by atoms with Crippen molar-refractivity contribution in [3.05, 3.63) is 18.2 Å². The molecule has 0 atom stereocenters. The quantitative estimate of drug-likeness (QED) is 0.768. The molecule has 0 saturated heterocycles. The van der Waals surface area contributed by atoms with E-state index < -0.39 is 0 Å². The predicted molar refractivity (Wildman–Crippen MR) is 63.0 cm³/mol. The number of fused-ring (bicyclic) bond motifs is 1. The van der Waals surface area contributed by atoms with Crippen LogP contribution in [0.2, 0.25) is 0 Å². The Bertz CT molecular complexity index is 450. The third-order valence-corrected chi connectivity index (χ3v) is 3.35. The van der Waals surface area contributed by atoms with Gasteiger partial charge < -0.3 is 10.6 Å². The van der Waals surface area contributed by atoms with Crippen molar-refractivity contribution in [3.8, 4) is 0 Å². The molecular weight excluding hydrogens is 194 g/mol. The van der Waals surface area contributed by atoms with Gasteiger partial charge >= 0.3 is 0 Å². The van der Waals surface area contributed by atoms with Crippen LogP contribution in [0.15, 0.2) is 18.2 Å². The molecule has 14 heavy (non-hydrogen) atoms. The number of hydrogen-bond acceptors (Lipinski definition) is 4. The van der Waals surface area contributed by atoms with E-state index in [-0.39, 0.29) is 0 Å². The van der Waals surface area contributed by atoms with E-state index in [0.29, 0.717) is 0 Å². The Labute approximate surface area is 87.2 Å². The van der Waals surface area contributed by atoms with E-state index >= 15 is 0 Å². The number of nitrogens with zero attached hydrogens (tertiary/aromatic N) is 2. The van der Waals surface area contributed by atoms with Gasteiger partial charge in [0.05, 0.1) is 10.2 Å². The van der Waals surface area contributed by atoms with E-state index in [1.165, 1.54) is 4.70 Å². The summed E-state index contributed by atoms with van der Waals surface area (Å²) in [5.74, 6) is 0. The number of thiazole rings is 1. The van der Waals surface area contributed by atoms with Gasteiger partial charge in [0.1, 0.15) is 0 Å². The molecule has 0 amide bonds. The summed E-state index contributed by atoms with van der Waals surface area (Å²) in [6, 6.07) is 5.85. The molecule has 1 aromatic carbocycles. The molecule has 0 aliphatic heterocycles. The second-order valence-corrected chi connectivity index (χ2v) is 4.25. The molecule has 1 heterocycles. The van der Waals surface area contributed by atoms with E-state index in [2.05, 4.69) is 16.8 Å². The molecule has 0 spiro atoms. The third kappa shape index (κ3) is 1.53. The molecule has 2 aromatic rings. The van der Waals surface area contributed by atoms with Gasteiger partial charge in [-0.3, -0.25) is 0 Å². The molecule has 0 aliphatic rings. The van der Waals surface area contributed by atoms with E-state index in [1.54, 1.807) is 11.3 Å². The lowest BCUT2D eigenvalue weighted by Crippen LogP contribution is -2.14. The number of rotatable bonds is 2. The maximum absolute atomic E-state index is 5.69. The molecule has 74 valence electrons. The molecule has 0 radical (unpaired) electrons. The Morgan fingerprint density at radius 2 is 2.29 bits per heavy atom. The van der Waals surface area contributed by atoms with Crippen LogP contribution in [0.4, 0.5) is 10.8 Å². The summed E-state index contributed by atoms with van der Waals surface area (Å²) >= 11 is 1.70. The summed E-state index contributed by atoms with van der Waals surface area (Å²) in [5, 5.41) is 1.05. The minimum atomic E-state index is 0.772. The van der Waals surface area contributed by atoms with Gasteiger partial charge in [-0.15, -0.1) is 0 Å². The Morgan fingerprint density at radius 1 is 1.50 bits per heavy atom. The first kappa shape index (κ1) is 9.27. The van der Waals surface area contributed by atoms with Crippen molar-refractivity contribution in [2.24, 2.45) is 0 Å². The molecule has 0 saturated carbocycles. The summed E-state index contributed by atoms with van der Waals surface area (Å²) in [7, 11) is 2.04. The first-order valence-electron chi connectivity index (χ1n) is 4.58. The van der Waals surface area contributed by atoms with Crippen LogP contribution in [0, 0.1) is 0 Å². The topological polar surface area (TPSA) is 42.2 Å². The summed E-state index contributed by atoms with van der Waals surface area (Å²) in [4.78, 5) is 6.63. The van der Waals surface area contributed by atoms with Gasteiger partial charge in [-0.1, -0.05) is 11.3 Å². The minimum Gasteiger partial charge on any atom is -0.399 e. The van der Waals surface area contributed by atoms with Crippen LogP contribution < -0.4 is 10.6 Å². The Morgan fingerprint density at radius 3 is 3.00 bits per heavy atom. The molecule has 0 fully saturated rings. The highest BCUT2D eigenvalue weighted by Crippen LogP contribution is 2.28. The van der Waals surface area contributed by atoms with Gasteiger partial charge in [0.15, 0.2) is 5.13 Å². The standard InChI is InChI=1S/C10H13N3S/c1-3-13(2)10-12-8-6-7(11)4-5-9(8)14-10/h4-6H,3,11H2,1-2H3. The molecule has 3 nitrogen and oxygen atoms in total. The van der Waals surface area contributed by atoms with Gasteiger partial charge in [0.25, 0.3) is 0 Å². The summed E-state index contributed by atoms with van der Waals surface area (Å²) in [6.07, 6.45) is 0. The monoisotopic (exact) mass is 207 g/mol. The zero-order valence-electron chi connectivity index (χ0n) is 8.32. The van der Waals surface area contributed by atoms with Crippen LogP contribution >= 0.6 is 11.3 Å². The maximum Gasteiger partial charge on any atom is 0.186 e. The second-order valence-electron chi connectivity index (χ2n) is 3.24. The lowest BCUT2D eigenvalue weighted by atomic mass is 10.3. The first-order valence-corrected chi connectivity index (χ1v) is 5.39. The molecule has 0 aliphatic carbocycles. The Hall–Kier alpha value is -1.29. The Kier molecular flexibility index (Phi) is 2.29. The fraction of sp³-hybridized carbons (Fsp3) is 0.300. The van der Waals surface area contributed by atoms with Gasteiger partial charge in [0.2, 0.25) is 0 Å². The molecule has 2 N–H and O–H groups in total. The highest BCUT2D eigenvalue weighted by molar-refractivity contribution is 7.22. The van der Waals surface area contributed by atoms with Crippen molar-refractivity contribution in [1.29, 1.82) is 0 Å². The molecular formula is C10H13N3S. The van der Waals surface area contributed by atoms with Crippen molar-refractivity contribution >= 4 is 32.4 Å². The van der Waals surface area contributed by atoms with Gasteiger partial charge in [-0.25, -0.2) is 4.98 Å². The smallest absolute Gasteiger partial charge is 0.186 e. The van der Waals surface area contributed by atoms with Gasteiger partial charge in [-0.05, 0) is 25.1 Å². The van der Waals surface area contributed by atoms with Gasteiger partial charge in [0, 0.05) is 19.3 Å². The zero-order chi connectivity index (χ0) is 10.1.